The van der Waals surface area contributed by atoms with E-state index >= 15 is 0 Å². The lowest BCUT2D eigenvalue weighted by Gasteiger charge is -2.56. The Morgan fingerprint density at radius 2 is 0.815 bits per heavy atom. The molecule has 0 radical (unpaired) electrons. The van der Waals surface area contributed by atoms with Crippen molar-refractivity contribution in [3.63, 3.8) is 0 Å². The van der Waals surface area contributed by atoms with Crippen LogP contribution in [0.25, 0.3) is 0 Å². The summed E-state index contributed by atoms with van der Waals surface area (Å²) >= 11 is 0. The van der Waals surface area contributed by atoms with Crippen molar-refractivity contribution in [2.75, 3.05) is 0 Å². The number of rotatable bonds is 2. The van der Waals surface area contributed by atoms with E-state index in [1.165, 1.54) is 77.0 Å². The van der Waals surface area contributed by atoms with Crippen molar-refractivity contribution in [2.24, 2.45) is 52.4 Å². The number of hydrogen-bond acceptors (Lipinski definition) is 2. The first-order valence-electron chi connectivity index (χ1n) is 12.7. The lowest BCUT2D eigenvalue weighted by atomic mass is 9.48. The molecule has 4 N–H and O–H groups in total. The Labute approximate surface area is 167 Å². The normalized spacial score (nSPS) is 53.6. The highest BCUT2D eigenvalue weighted by Crippen LogP contribution is 2.71. The second kappa shape index (κ2) is 7.63. The average molecular weight is 373 g/mol. The first-order valence-corrected chi connectivity index (χ1v) is 12.7. The molecule has 4 atom stereocenters. The van der Waals surface area contributed by atoms with Crippen molar-refractivity contribution in [1.29, 1.82) is 0 Å². The highest BCUT2D eigenvalue weighted by Gasteiger charge is 2.65. The molecule has 0 heterocycles. The van der Waals surface area contributed by atoms with Gasteiger partial charge in [0, 0.05) is 12.1 Å². The summed E-state index contributed by atoms with van der Waals surface area (Å²) in [7, 11) is 0. The molecule has 0 aromatic heterocycles. The molecule has 154 valence electrons. The zero-order chi connectivity index (χ0) is 18.4. The van der Waals surface area contributed by atoms with Crippen molar-refractivity contribution < 1.29 is 0 Å². The van der Waals surface area contributed by atoms with E-state index < -0.39 is 0 Å². The third-order valence-corrected chi connectivity index (χ3v) is 10.4. The highest BCUT2D eigenvalue weighted by molar-refractivity contribution is 5.13. The van der Waals surface area contributed by atoms with Crippen LogP contribution in [0.3, 0.4) is 0 Å². The predicted molar refractivity (Wildman–Crippen MR) is 113 cm³/mol. The molecule has 27 heavy (non-hydrogen) atoms. The molecular formula is C25H44N2. The zero-order valence-corrected chi connectivity index (χ0v) is 17.6. The molecule has 4 unspecified atom stereocenters. The van der Waals surface area contributed by atoms with Gasteiger partial charge in [0.05, 0.1) is 0 Å². The van der Waals surface area contributed by atoms with E-state index in [4.69, 9.17) is 11.5 Å². The molecule has 5 fully saturated rings. The van der Waals surface area contributed by atoms with E-state index in [1.807, 2.05) is 0 Å². The van der Waals surface area contributed by atoms with E-state index in [9.17, 15) is 0 Å². The predicted octanol–water partition coefficient (Wildman–Crippen LogP) is 5.63. The van der Waals surface area contributed by atoms with Gasteiger partial charge in [-0.25, -0.2) is 0 Å². The van der Waals surface area contributed by atoms with Crippen molar-refractivity contribution in [1.82, 2.24) is 0 Å². The molecular weight excluding hydrogens is 328 g/mol. The van der Waals surface area contributed by atoms with Crippen LogP contribution in [-0.4, -0.2) is 12.1 Å². The van der Waals surface area contributed by atoms with Gasteiger partial charge in [0.2, 0.25) is 0 Å². The van der Waals surface area contributed by atoms with E-state index in [1.54, 1.807) is 25.7 Å². The van der Waals surface area contributed by atoms with Crippen LogP contribution in [0.5, 0.6) is 0 Å². The number of fused-ring (bicyclic) bond motifs is 3. The fourth-order valence-electron chi connectivity index (χ4n) is 9.64. The van der Waals surface area contributed by atoms with Crippen LogP contribution in [0, 0.1) is 40.9 Å². The summed E-state index contributed by atoms with van der Waals surface area (Å²) in [6.07, 6.45) is 23.3. The fourth-order valence-corrected chi connectivity index (χ4v) is 9.64. The van der Waals surface area contributed by atoms with Gasteiger partial charge in [-0.2, -0.15) is 0 Å². The van der Waals surface area contributed by atoms with Gasteiger partial charge < -0.3 is 11.5 Å². The molecule has 5 aliphatic rings. The second-order valence-electron chi connectivity index (χ2n) is 11.3. The molecule has 0 aliphatic heterocycles. The van der Waals surface area contributed by atoms with Gasteiger partial charge in [0.25, 0.3) is 0 Å². The molecule has 5 saturated carbocycles. The van der Waals surface area contributed by atoms with Gasteiger partial charge in [0.15, 0.2) is 0 Å². The van der Waals surface area contributed by atoms with Crippen molar-refractivity contribution in [3.05, 3.63) is 0 Å². The van der Waals surface area contributed by atoms with Crippen molar-refractivity contribution in [3.8, 4) is 0 Å². The SMILES string of the molecule is NC1CCC(C2(C3CCC(N)CC3)C3CCCCC3C3CCCCC32)CC1. The molecule has 2 nitrogen and oxygen atoms in total. The maximum Gasteiger partial charge on any atom is 0.00390 e. The minimum absolute atomic E-state index is 0.490. The number of hydrogen-bond donors (Lipinski definition) is 2. The minimum Gasteiger partial charge on any atom is -0.328 e. The highest BCUT2D eigenvalue weighted by atomic mass is 14.7. The summed E-state index contributed by atoms with van der Waals surface area (Å²) in [5, 5.41) is 0. The van der Waals surface area contributed by atoms with Crippen molar-refractivity contribution >= 4 is 0 Å². The smallest absolute Gasteiger partial charge is 0.00390 e. The Morgan fingerprint density at radius 3 is 1.22 bits per heavy atom. The van der Waals surface area contributed by atoms with Crippen LogP contribution in [-0.2, 0) is 0 Å². The molecule has 0 aromatic carbocycles. The Morgan fingerprint density at radius 1 is 0.444 bits per heavy atom. The molecule has 2 heteroatoms. The van der Waals surface area contributed by atoms with E-state index in [0.717, 1.165) is 35.5 Å². The summed E-state index contributed by atoms with van der Waals surface area (Å²) in [4.78, 5) is 0. The van der Waals surface area contributed by atoms with Gasteiger partial charge >= 0.3 is 0 Å². The summed E-state index contributed by atoms with van der Waals surface area (Å²) in [5.41, 5.74) is 13.4. The van der Waals surface area contributed by atoms with E-state index in [2.05, 4.69) is 0 Å². The van der Waals surface area contributed by atoms with Crippen LogP contribution in [0.1, 0.15) is 103 Å². The molecule has 5 rings (SSSR count). The largest absolute Gasteiger partial charge is 0.328 e. The Balaban J connectivity index is 1.55. The van der Waals surface area contributed by atoms with Gasteiger partial charge in [-0.1, -0.05) is 25.7 Å². The maximum absolute atomic E-state index is 6.38. The Kier molecular flexibility index (Phi) is 5.35. The summed E-state index contributed by atoms with van der Waals surface area (Å²) in [6.45, 7) is 0. The van der Waals surface area contributed by atoms with Gasteiger partial charge in [0.1, 0.15) is 0 Å². The van der Waals surface area contributed by atoms with Crippen LogP contribution >= 0.6 is 0 Å². The van der Waals surface area contributed by atoms with Crippen molar-refractivity contribution in [2.45, 2.75) is 115 Å². The quantitative estimate of drug-likeness (QED) is 0.659. The Hall–Kier alpha value is -0.0800. The lowest BCUT2D eigenvalue weighted by Crippen LogP contribution is -2.51. The second-order valence-corrected chi connectivity index (χ2v) is 11.3. The zero-order valence-electron chi connectivity index (χ0n) is 17.6. The van der Waals surface area contributed by atoms with Gasteiger partial charge in [-0.3, -0.25) is 0 Å². The van der Waals surface area contributed by atoms with E-state index in [-0.39, 0.29) is 0 Å². The van der Waals surface area contributed by atoms with Crippen LogP contribution in [0.15, 0.2) is 0 Å². The summed E-state index contributed by atoms with van der Waals surface area (Å²) in [6, 6.07) is 0.979. The third-order valence-electron chi connectivity index (χ3n) is 10.4. The molecule has 0 spiro atoms. The third kappa shape index (κ3) is 3.03. The first-order chi connectivity index (χ1) is 13.2. The van der Waals surface area contributed by atoms with Gasteiger partial charge in [-0.15, -0.1) is 0 Å². The standard InChI is InChI=1S/C25H44N2/c26-19-13-9-17(10-14-19)25(18-11-15-20(27)16-12-18)23-7-3-1-5-21(23)22-6-2-4-8-24(22)25/h17-24H,1-16,26-27H2. The molecule has 0 saturated heterocycles. The monoisotopic (exact) mass is 372 g/mol. The minimum atomic E-state index is 0.490. The average Bonchev–Trinajstić information content (AvgIpc) is 3.01. The molecule has 0 amide bonds. The van der Waals surface area contributed by atoms with E-state index in [0.29, 0.717) is 17.5 Å². The fraction of sp³-hybridized carbons (Fsp3) is 1.00. The maximum atomic E-state index is 6.38. The molecule has 5 aliphatic carbocycles. The summed E-state index contributed by atoms with van der Waals surface area (Å²) < 4.78 is 0. The number of nitrogens with two attached hydrogens (primary N) is 2. The summed E-state index contributed by atoms with van der Waals surface area (Å²) in [5.74, 6) is 6.23. The molecule has 0 bridgehead atoms. The van der Waals surface area contributed by atoms with Crippen LogP contribution in [0.4, 0.5) is 0 Å². The van der Waals surface area contributed by atoms with Crippen LogP contribution in [0.2, 0.25) is 0 Å². The lowest BCUT2D eigenvalue weighted by molar-refractivity contribution is -0.0762. The van der Waals surface area contributed by atoms with Crippen LogP contribution < -0.4 is 11.5 Å². The van der Waals surface area contributed by atoms with Gasteiger partial charge in [-0.05, 0) is 118 Å². The first kappa shape index (κ1) is 18.9. The molecule has 0 aromatic rings. The topological polar surface area (TPSA) is 52.0 Å². The Bertz CT molecular complexity index is 454.